The number of Topliss-reactive ketones (excluding diaryl/α,β-unsaturated/α-hetero) is 1. The van der Waals surface area contributed by atoms with E-state index in [0.717, 1.165) is 29.2 Å². The minimum atomic E-state index is -1.27. The average molecular weight is 410 g/mol. The first-order valence-corrected chi connectivity index (χ1v) is 8.81. The minimum absolute atomic E-state index is 0.0925. The molecule has 0 spiro atoms. The van der Waals surface area contributed by atoms with Crippen LogP contribution in [0.5, 0.6) is 0 Å². The summed E-state index contributed by atoms with van der Waals surface area (Å²) in [6, 6.07) is 10.7. The molecule has 1 aliphatic heterocycles. The number of hydrogen-bond donors (Lipinski definition) is 1. The van der Waals surface area contributed by atoms with Crippen molar-refractivity contribution in [1.82, 2.24) is 4.98 Å². The molecule has 0 saturated carbocycles. The first kappa shape index (κ1) is 19.4. The van der Waals surface area contributed by atoms with Crippen LogP contribution < -0.4 is 4.90 Å². The second-order valence-electron chi connectivity index (χ2n) is 6.53. The van der Waals surface area contributed by atoms with Gasteiger partial charge in [-0.1, -0.05) is 6.07 Å². The van der Waals surface area contributed by atoms with Crippen molar-refractivity contribution >= 4 is 23.1 Å². The van der Waals surface area contributed by atoms with Gasteiger partial charge in [0.15, 0.2) is 0 Å². The second-order valence-corrected chi connectivity index (χ2v) is 6.53. The van der Waals surface area contributed by atoms with Crippen molar-refractivity contribution in [3.63, 3.8) is 0 Å². The zero-order chi connectivity index (χ0) is 21.4. The second kappa shape index (κ2) is 7.47. The highest BCUT2D eigenvalue weighted by Gasteiger charge is 2.48. The molecule has 1 amide bonds. The van der Waals surface area contributed by atoms with Crippen LogP contribution in [0, 0.1) is 17.5 Å². The number of aliphatic hydroxyl groups excluding tert-OH is 1. The van der Waals surface area contributed by atoms with E-state index in [-0.39, 0.29) is 22.5 Å². The van der Waals surface area contributed by atoms with Gasteiger partial charge in [0, 0.05) is 17.8 Å². The number of aromatic nitrogens is 1. The molecule has 1 fully saturated rings. The molecule has 2 heterocycles. The quantitative estimate of drug-likeness (QED) is 0.401. The summed E-state index contributed by atoms with van der Waals surface area (Å²) in [6.45, 7) is 0. The Balaban J connectivity index is 1.96. The fraction of sp³-hybridized carbons (Fsp3) is 0.0455. The molecule has 0 radical (unpaired) electrons. The van der Waals surface area contributed by atoms with Gasteiger partial charge in [0.25, 0.3) is 11.7 Å². The van der Waals surface area contributed by atoms with E-state index in [2.05, 4.69) is 4.98 Å². The van der Waals surface area contributed by atoms with E-state index in [4.69, 9.17) is 0 Å². The predicted octanol–water partition coefficient (Wildman–Crippen LogP) is 4.13. The Morgan fingerprint density at radius 3 is 2.27 bits per heavy atom. The Labute approximate surface area is 168 Å². The monoisotopic (exact) mass is 410 g/mol. The summed E-state index contributed by atoms with van der Waals surface area (Å²) >= 11 is 0. The van der Waals surface area contributed by atoms with Gasteiger partial charge < -0.3 is 5.11 Å². The summed E-state index contributed by atoms with van der Waals surface area (Å²) in [5.41, 5.74) is -0.402. The Kier molecular flexibility index (Phi) is 4.83. The van der Waals surface area contributed by atoms with E-state index in [0.29, 0.717) is 6.07 Å². The van der Waals surface area contributed by atoms with Gasteiger partial charge in [0.05, 0.1) is 17.0 Å². The van der Waals surface area contributed by atoms with E-state index in [1.165, 1.54) is 24.4 Å². The Morgan fingerprint density at radius 1 is 0.933 bits per heavy atom. The molecule has 4 rings (SSSR count). The number of nitrogens with zero attached hydrogens (tertiary/aromatic N) is 2. The van der Waals surface area contributed by atoms with Gasteiger partial charge in [-0.25, -0.2) is 13.2 Å². The van der Waals surface area contributed by atoms with Crippen LogP contribution in [0.2, 0.25) is 0 Å². The third-order valence-electron chi connectivity index (χ3n) is 4.70. The van der Waals surface area contributed by atoms with Crippen molar-refractivity contribution < 1.29 is 27.9 Å². The van der Waals surface area contributed by atoms with E-state index in [1.807, 2.05) is 0 Å². The van der Waals surface area contributed by atoms with Crippen molar-refractivity contribution in [2.24, 2.45) is 0 Å². The maximum Gasteiger partial charge on any atom is 0.300 e. The van der Waals surface area contributed by atoms with Crippen LogP contribution in [0.4, 0.5) is 18.9 Å². The smallest absolute Gasteiger partial charge is 0.300 e. The van der Waals surface area contributed by atoms with Crippen LogP contribution in [0.25, 0.3) is 5.76 Å². The molecule has 1 N–H and O–H groups in total. The van der Waals surface area contributed by atoms with Crippen molar-refractivity contribution in [3.8, 4) is 0 Å². The molecule has 3 aromatic rings. The lowest BCUT2D eigenvalue weighted by Gasteiger charge is -2.24. The van der Waals surface area contributed by atoms with E-state index < -0.39 is 40.9 Å². The van der Waals surface area contributed by atoms with Gasteiger partial charge in [-0.15, -0.1) is 0 Å². The third kappa shape index (κ3) is 3.22. The van der Waals surface area contributed by atoms with Crippen molar-refractivity contribution in [2.45, 2.75) is 6.04 Å². The lowest BCUT2D eigenvalue weighted by molar-refractivity contribution is -0.132. The number of pyridine rings is 1. The molecular weight excluding hydrogens is 397 g/mol. The molecule has 8 heteroatoms. The number of halogens is 3. The molecule has 2 aromatic carbocycles. The Bertz CT molecular complexity index is 1180. The van der Waals surface area contributed by atoms with Gasteiger partial charge >= 0.3 is 0 Å². The third-order valence-corrected chi connectivity index (χ3v) is 4.70. The summed E-state index contributed by atoms with van der Waals surface area (Å²) in [4.78, 5) is 30.6. The molecule has 1 atom stereocenters. The van der Waals surface area contributed by atoms with Crippen LogP contribution in [0.1, 0.15) is 17.3 Å². The fourth-order valence-corrected chi connectivity index (χ4v) is 3.34. The number of amides is 1. The van der Waals surface area contributed by atoms with Crippen molar-refractivity contribution in [1.29, 1.82) is 0 Å². The van der Waals surface area contributed by atoms with Crippen LogP contribution in [-0.2, 0) is 9.59 Å². The largest absolute Gasteiger partial charge is 0.507 e. The summed E-state index contributed by atoms with van der Waals surface area (Å²) in [6.07, 6.45) is 1.41. The SMILES string of the molecule is O=C1C(=O)N(c2ccc(F)cc2F)C(c2ccccn2)/C1=C(\O)c1ccc(F)cc1. The number of hydrogen-bond acceptors (Lipinski definition) is 4. The van der Waals surface area contributed by atoms with Crippen LogP contribution in [0.3, 0.4) is 0 Å². The average Bonchev–Trinajstić information content (AvgIpc) is 3.00. The topological polar surface area (TPSA) is 70.5 Å². The molecule has 0 aliphatic carbocycles. The number of anilines is 1. The van der Waals surface area contributed by atoms with Gasteiger partial charge in [0.2, 0.25) is 0 Å². The summed E-state index contributed by atoms with van der Waals surface area (Å²) < 4.78 is 41.1. The van der Waals surface area contributed by atoms with E-state index in [9.17, 15) is 27.9 Å². The number of rotatable bonds is 3. The number of carbonyl (C=O) groups excluding carboxylic acids is 2. The number of ketones is 1. The molecular formula is C22H13F3N2O3. The first-order valence-electron chi connectivity index (χ1n) is 8.81. The highest BCUT2D eigenvalue weighted by Crippen LogP contribution is 2.42. The first-order chi connectivity index (χ1) is 14.4. The zero-order valence-electron chi connectivity index (χ0n) is 15.2. The summed E-state index contributed by atoms with van der Waals surface area (Å²) in [7, 11) is 0. The Hall–Kier alpha value is -3.94. The van der Waals surface area contributed by atoms with Gasteiger partial charge in [-0.3, -0.25) is 19.5 Å². The number of aliphatic hydroxyl groups is 1. The van der Waals surface area contributed by atoms with Crippen molar-refractivity contribution in [2.75, 3.05) is 4.90 Å². The van der Waals surface area contributed by atoms with Gasteiger partial charge in [-0.05, 0) is 48.5 Å². The standard InChI is InChI=1S/C22H13F3N2O3/c23-13-6-4-12(5-7-13)20(28)18-19(16-3-1-2-10-26-16)27(22(30)21(18)29)17-9-8-14(24)11-15(17)25/h1-11,19,28H/b20-18+. The normalized spacial score (nSPS) is 18.1. The molecule has 0 bridgehead atoms. The molecule has 1 aromatic heterocycles. The van der Waals surface area contributed by atoms with Crippen LogP contribution in [-0.4, -0.2) is 21.8 Å². The van der Waals surface area contributed by atoms with Gasteiger partial charge in [0.1, 0.15) is 29.3 Å². The predicted molar refractivity (Wildman–Crippen MR) is 102 cm³/mol. The molecule has 30 heavy (non-hydrogen) atoms. The number of benzene rings is 2. The van der Waals surface area contributed by atoms with Crippen LogP contribution >= 0.6 is 0 Å². The fourth-order valence-electron chi connectivity index (χ4n) is 3.34. The highest BCUT2D eigenvalue weighted by atomic mass is 19.1. The van der Waals surface area contributed by atoms with Gasteiger partial charge in [-0.2, -0.15) is 0 Å². The molecule has 1 unspecified atom stereocenters. The van der Waals surface area contributed by atoms with Crippen LogP contribution in [0.15, 0.2) is 72.4 Å². The zero-order valence-corrected chi connectivity index (χ0v) is 15.2. The lowest BCUT2D eigenvalue weighted by atomic mass is 9.98. The maximum atomic E-state index is 14.5. The highest BCUT2D eigenvalue weighted by molar-refractivity contribution is 6.51. The molecule has 5 nitrogen and oxygen atoms in total. The summed E-state index contributed by atoms with van der Waals surface area (Å²) in [5.74, 6) is -5.21. The molecule has 1 aliphatic rings. The van der Waals surface area contributed by atoms with E-state index in [1.54, 1.807) is 12.1 Å². The molecule has 150 valence electrons. The summed E-state index contributed by atoms with van der Waals surface area (Å²) in [5, 5.41) is 10.8. The maximum absolute atomic E-state index is 14.5. The Morgan fingerprint density at radius 2 is 1.63 bits per heavy atom. The minimum Gasteiger partial charge on any atom is -0.507 e. The molecule has 1 saturated heterocycles. The lowest BCUT2D eigenvalue weighted by Crippen LogP contribution is -2.30. The number of carbonyl (C=O) groups is 2. The van der Waals surface area contributed by atoms with Crippen molar-refractivity contribution in [3.05, 3.63) is 101 Å². The van der Waals surface area contributed by atoms with E-state index >= 15 is 0 Å².